The molecular formula is C21H18ClO3P. The largest absolute Gasteiger partial charge is 0.311 e. The number of hydrogen-bond acceptors (Lipinski definition) is 3. The molecule has 0 saturated heterocycles. The molecule has 3 aromatic rings. The molecule has 0 fully saturated rings. The van der Waals surface area contributed by atoms with Crippen molar-refractivity contribution < 1.29 is 13.9 Å². The van der Waals surface area contributed by atoms with Crippen molar-refractivity contribution in [3.05, 3.63) is 95.5 Å². The molecule has 3 aromatic carbocycles. The van der Waals surface area contributed by atoms with Gasteiger partial charge in [-0.1, -0.05) is 48.0 Å². The van der Waals surface area contributed by atoms with Crippen molar-refractivity contribution in [2.75, 3.05) is 0 Å². The van der Waals surface area contributed by atoms with Crippen molar-refractivity contribution in [1.29, 1.82) is 0 Å². The van der Waals surface area contributed by atoms with Crippen molar-refractivity contribution in [2.24, 2.45) is 0 Å². The second-order valence-electron chi connectivity index (χ2n) is 5.84. The molecule has 132 valence electrons. The summed E-state index contributed by atoms with van der Waals surface area (Å²) in [5.74, 6) is -0.242. The molecule has 26 heavy (non-hydrogen) atoms. The molecule has 0 aliphatic heterocycles. The highest BCUT2D eigenvalue weighted by Gasteiger charge is 2.33. The van der Waals surface area contributed by atoms with Gasteiger partial charge in [0, 0.05) is 21.2 Å². The van der Waals surface area contributed by atoms with Gasteiger partial charge in [-0.3, -0.25) is 9.36 Å². The summed E-state index contributed by atoms with van der Waals surface area (Å²) in [5.41, 5.74) is 0.467. The summed E-state index contributed by atoms with van der Waals surface area (Å²) >= 11 is 5.88. The maximum absolute atomic E-state index is 13.8. The van der Waals surface area contributed by atoms with Gasteiger partial charge in [0.1, 0.15) is 6.10 Å². The Balaban J connectivity index is 1.95. The lowest BCUT2D eigenvalue weighted by molar-refractivity contribution is 0.0827. The van der Waals surface area contributed by atoms with Crippen LogP contribution in [0.1, 0.15) is 17.3 Å². The van der Waals surface area contributed by atoms with Crippen molar-refractivity contribution in [2.45, 2.75) is 13.0 Å². The third-order valence-corrected chi connectivity index (χ3v) is 6.82. The molecule has 0 N–H and O–H groups in total. The summed E-state index contributed by atoms with van der Waals surface area (Å²) in [6.07, 6.45) is -0.873. The molecule has 1 unspecified atom stereocenters. The summed E-state index contributed by atoms with van der Waals surface area (Å²) in [4.78, 5) is 12.7. The Hall–Kier alpha value is -2.19. The number of ketones is 1. The number of rotatable bonds is 6. The number of hydrogen-bond donors (Lipinski definition) is 0. The van der Waals surface area contributed by atoms with E-state index in [1.165, 1.54) is 0 Å². The standard InChI is InChI=1S/C21H18ClO3P/c1-16(21(23)17-12-14-18(22)15-13-17)25-26(24,19-8-4-2-5-9-19)20-10-6-3-7-11-20/h2-16H,1H3. The van der Waals surface area contributed by atoms with Crippen LogP contribution in [0.2, 0.25) is 5.02 Å². The minimum atomic E-state index is -3.41. The Morgan fingerprint density at radius 2 is 1.31 bits per heavy atom. The number of halogens is 1. The highest BCUT2D eigenvalue weighted by atomic mass is 35.5. The normalized spacial score (nSPS) is 12.5. The van der Waals surface area contributed by atoms with E-state index in [4.69, 9.17) is 16.1 Å². The summed E-state index contributed by atoms with van der Waals surface area (Å²) in [5, 5.41) is 1.67. The molecule has 5 heteroatoms. The van der Waals surface area contributed by atoms with Crippen LogP contribution in [0, 0.1) is 0 Å². The smallest absolute Gasteiger partial charge is 0.261 e. The fourth-order valence-electron chi connectivity index (χ4n) is 2.64. The van der Waals surface area contributed by atoms with Gasteiger partial charge in [0.25, 0.3) is 7.37 Å². The van der Waals surface area contributed by atoms with Crippen LogP contribution in [-0.4, -0.2) is 11.9 Å². The molecule has 3 rings (SSSR count). The highest BCUT2D eigenvalue weighted by Crippen LogP contribution is 2.46. The first-order chi connectivity index (χ1) is 12.5. The van der Waals surface area contributed by atoms with Gasteiger partial charge >= 0.3 is 0 Å². The quantitative estimate of drug-likeness (QED) is 0.450. The minimum absolute atomic E-state index is 0.242. The maximum Gasteiger partial charge on any atom is 0.261 e. The van der Waals surface area contributed by atoms with E-state index in [0.29, 0.717) is 21.2 Å². The third-order valence-electron chi connectivity index (χ3n) is 4.00. The SMILES string of the molecule is CC(OP(=O)(c1ccccc1)c1ccccc1)C(=O)c1ccc(Cl)cc1. The molecule has 0 aliphatic rings. The van der Waals surface area contributed by atoms with Crippen LogP contribution in [-0.2, 0) is 9.09 Å². The Kier molecular flexibility index (Phi) is 5.73. The highest BCUT2D eigenvalue weighted by molar-refractivity contribution is 7.74. The number of benzene rings is 3. The Bertz CT molecular complexity index is 881. The Labute approximate surface area is 158 Å². The van der Waals surface area contributed by atoms with E-state index in [0.717, 1.165) is 0 Å². The lowest BCUT2D eigenvalue weighted by atomic mass is 10.1. The van der Waals surface area contributed by atoms with Crippen molar-refractivity contribution in [3.8, 4) is 0 Å². The first-order valence-corrected chi connectivity index (χ1v) is 10.2. The van der Waals surface area contributed by atoms with Crippen LogP contribution >= 0.6 is 19.0 Å². The average molecular weight is 385 g/mol. The van der Waals surface area contributed by atoms with Crippen LogP contribution in [0.15, 0.2) is 84.9 Å². The van der Waals surface area contributed by atoms with E-state index >= 15 is 0 Å². The summed E-state index contributed by atoms with van der Waals surface area (Å²) in [6.45, 7) is 1.62. The van der Waals surface area contributed by atoms with Crippen molar-refractivity contribution >= 4 is 35.4 Å². The number of Topliss-reactive ketones (excluding diaryl/α,β-unsaturated/α-hetero) is 1. The van der Waals surface area contributed by atoms with Gasteiger partial charge in [0.15, 0.2) is 5.78 Å². The molecule has 0 saturated carbocycles. The molecule has 0 radical (unpaired) electrons. The third kappa shape index (κ3) is 3.96. The second-order valence-corrected chi connectivity index (χ2v) is 8.62. The zero-order valence-corrected chi connectivity index (χ0v) is 15.9. The molecule has 0 bridgehead atoms. The second kappa shape index (κ2) is 8.01. The van der Waals surface area contributed by atoms with Crippen LogP contribution < -0.4 is 10.6 Å². The van der Waals surface area contributed by atoms with Gasteiger partial charge in [0.05, 0.1) is 0 Å². The molecule has 3 nitrogen and oxygen atoms in total. The van der Waals surface area contributed by atoms with Crippen LogP contribution in [0.3, 0.4) is 0 Å². The Morgan fingerprint density at radius 1 is 0.846 bits per heavy atom. The monoisotopic (exact) mass is 384 g/mol. The number of carbonyl (C=O) groups is 1. The van der Waals surface area contributed by atoms with Gasteiger partial charge in [-0.05, 0) is 55.5 Å². The van der Waals surface area contributed by atoms with E-state index in [2.05, 4.69) is 0 Å². The number of carbonyl (C=O) groups excluding carboxylic acids is 1. The fraction of sp³-hybridized carbons (Fsp3) is 0.0952. The molecule has 0 spiro atoms. The van der Waals surface area contributed by atoms with Gasteiger partial charge in [-0.25, -0.2) is 0 Å². The van der Waals surface area contributed by atoms with E-state index in [1.54, 1.807) is 79.7 Å². The fourth-order valence-corrected chi connectivity index (χ4v) is 4.98. The van der Waals surface area contributed by atoms with Crippen LogP contribution in [0.5, 0.6) is 0 Å². The summed E-state index contributed by atoms with van der Waals surface area (Å²) < 4.78 is 19.8. The molecule has 0 heterocycles. The zero-order valence-electron chi connectivity index (χ0n) is 14.2. The average Bonchev–Trinajstić information content (AvgIpc) is 2.69. The predicted octanol–water partition coefficient (Wildman–Crippen LogP) is 4.86. The van der Waals surface area contributed by atoms with E-state index < -0.39 is 13.5 Å². The first kappa shape index (κ1) is 18.6. The van der Waals surface area contributed by atoms with E-state index in [9.17, 15) is 9.36 Å². The lowest BCUT2D eigenvalue weighted by Gasteiger charge is -2.23. The maximum atomic E-state index is 13.8. The topological polar surface area (TPSA) is 43.4 Å². The summed E-state index contributed by atoms with van der Waals surface area (Å²) in [7, 11) is -3.41. The van der Waals surface area contributed by atoms with Gasteiger partial charge in [-0.15, -0.1) is 0 Å². The van der Waals surface area contributed by atoms with Gasteiger partial charge in [-0.2, -0.15) is 0 Å². The van der Waals surface area contributed by atoms with Crippen molar-refractivity contribution in [3.63, 3.8) is 0 Å². The lowest BCUT2D eigenvalue weighted by Crippen LogP contribution is -2.26. The van der Waals surface area contributed by atoms with Crippen molar-refractivity contribution in [1.82, 2.24) is 0 Å². The van der Waals surface area contributed by atoms with Crippen LogP contribution in [0.25, 0.3) is 0 Å². The predicted molar refractivity (Wildman–Crippen MR) is 106 cm³/mol. The molecule has 0 aromatic heterocycles. The van der Waals surface area contributed by atoms with Gasteiger partial charge in [0.2, 0.25) is 0 Å². The van der Waals surface area contributed by atoms with E-state index in [-0.39, 0.29) is 5.78 Å². The molecular weight excluding hydrogens is 367 g/mol. The molecule has 1 atom stereocenters. The minimum Gasteiger partial charge on any atom is -0.311 e. The van der Waals surface area contributed by atoms with Crippen LogP contribution in [0.4, 0.5) is 0 Å². The Morgan fingerprint density at radius 3 is 1.77 bits per heavy atom. The molecule has 0 amide bonds. The summed E-state index contributed by atoms with van der Waals surface area (Å²) in [6, 6.07) is 24.5. The zero-order chi connectivity index (χ0) is 18.6. The van der Waals surface area contributed by atoms with Gasteiger partial charge < -0.3 is 4.52 Å². The molecule has 0 aliphatic carbocycles. The van der Waals surface area contributed by atoms with E-state index in [1.807, 2.05) is 12.1 Å². The first-order valence-electron chi connectivity index (χ1n) is 8.20.